The molecule has 0 aromatic heterocycles. The van der Waals surface area contributed by atoms with E-state index in [-0.39, 0.29) is 11.0 Å². The Morgan fingerprint density at radius 3 is 2.28 bits per heavy atom. The fourth-order valence-corrected chi connectivity index (χ4v) is 4.06. The highest BCUT2D eigenvalue weighted by Gasteiger charge is 2.36. The summed E-state index contributed by atoms with van der Waals surface area (Å²) in [6.07, 6.45) is 5.08. The molecule has 0 bridgehead atoms. The van der Waals surface area contributed by atoms with Gasteiger partial charge in [-0.2, -0.15) is 0 Å². The van der Waals surface area contributed by atoms with Crippen molar-refractivity contribution in [3.63, 3.8) is 0 Å². The maximum atomic E-state index is 12.3. The normalized spacial score (nSPS) is 12.9. The summed E-state index contributed by atoms with van der Waals surface area (Å²) < 4.78 is 11.3. The summed E-state index contributed by atoms with van der Waals surface area (Å²) in [4.78, 5) is 12.3. The third-order valence-electron chi connectivity index (χ3n) is 6.00. The van der Waals surface area contributed by atoms with Crippen LogP contribution in [0.2, 0.25) is 18.1 Å². The molecule has 0 N–H and O–H groups in total. The number of rotatable bonds is 7. The number of esters is 1. The highest BCUT2D eigenvalue weighted by atomic mass is 28.4. The van der Waals surface area contributed by atoms with Gasteiger partial charge in [-0.1, -0.05) is 71.0 Å². The lowest BCUT2D eigenvalue weighted by Crippen LogP contribution is -2.40. The van der Waals surface area contributed by atoms with E-state index in [2.05, 4.69) is 78.1 Å². The molecule has 0 fully saturated rings. The van der Waals surface area contributed by atoms with Crippen molar-refractivity contribution in [2.45, 2.75) is 65.1 Å². The summed E-state index contributed by atoms with van der Waals surface area (Å²) in [6, 6.07) is 10.3. The molecule has 0 spiro atoms. The largest absolute Gasteiger partial charge is 0.465 e. The summed E-state index contributed by atoms with van der Waals surface area (Å²) in [5.74, 6) is 0.132. The summed E-state index contributed by atoms with van der Waals surface area (Å²) in [5, 5.41) is 0.219. The first-order chi connectivity index (χ1) is 13.5. The average Bonchev–Trinajstić information content (AvgIpc) is 2.82. The Balaban J connectivity index is 2.24. The maximum Gasteiger partial charge on any atom is 0.338 e. The van der Waals surface area contributed by atoms with Crippen LogP contribution in [0.25, 0.3) is 17.2 Å². The van der Waals surface area contributed by atoms with Crippen LogP contribution in [0.1, 0.15) is 68.4 Å². The standard InChI is InChI=1S/C25H36O3Si/c1-18(2)19-12-14-21-20(17-23(24(26)27-6)22(21)15-13-19)11-9-10-16-28-29(7,8)25(3,4)5/h9,11-15,17-18H,10,16H2,1-8H3/b11-9-. The lowest BCUT2D eigenvalue weighted by molar-refractivity contribution is 0.0602. The van der Waals surface area contributed by atoms with Crippen molar-refractivity contribution in [3.05, 3.63) is 53.1 Å². The first kappa shape index (κ1) is 23.4. The number of carbonyl (C=O) groups excluding carboxylic acids is 1. The van der Waals surface area contributed by atoms with Gasteiger partial charge in [-0.15, -0.1) is 0 Å². The highest BCUT2D eigenvalue weighted by molar-refractivity contribution is 6.74. The van der Waals surface area contributed by atoms with Crippen LogP contribution in [0.3, 0.4) is 0 Å². The molecule has 0 atom stereocenters. The number of hydrogen-bond acceptors (Lipinski definition) is 3. The molecule has 2 aliphatic rings. The van der Waals surface area contributed by atoms with Crippen LogP contribution in [-0.4, -0.2) is 28.0 Å². The second kappa shape index (κ2) is 9.27. The minimum Gasteiger partial charge on any atom is -0.465 e. The molecule has 3 nitrogen and oxygen atoms in total. The Labute approximate surface area is 177 Å². The molecule has 0 aromatic rings. The predicted octanol–water partition coefficient (Wildman–Crippen LogP) is 7.13. The van der Waals surface area contributed by atoms with Crippen molar-refractivity contribution < 1.29 is 14.0 Å². The smallest absolute Gasteiger partial charge is 0.338 e. The van der Waals surface area contributed by atoms with Crippen LogP contribution in [0.15, 0.2) is 36.4 Å². The first-order valence-electron chi connectivity index (χ1n) is 10.4. The van der Waals surface area contributed by atoms with E-state index in [1.807, 2.05) is 12.1 Å². The molecule has 0 radical (unpaired) electrons. The molecular formula is C25H36O3Si. The molecule has 0 aromatic carbocycles. The van der Waals surface area contributed by atoms with Crippen molar-refractivity contribution in [1.29, 1.82) is 0 Å². The Morgan fingerprint density at radius 1 is 1.10 bits per heavy atom. The number of methoxy groups -OCH3 is 1. The predicted molar refractivity (Wildman–Crippen MR) is 125 cm³/mol. The molecule has 2 rings (SSSR count). The zero-order valence-corrected chi connectivity index (χ0v) is 20.3. The fourth-order valence-electron chi connectivity index (χ4n) is 3.00. The minimum absolute atomic E-state index is 0.219. The zero-order chi connectivity index (χ0) is 21.8. The van der Waals surface area contributed by atoms with Gasteiger partial charge >= 0.3 is 5.97 Å². The summed E-state index contributed by atoms with van der Waals surface area (Å²) in [5.41, 5.74) is 4.90. The third kappa shape index (κ3) is 5.58. The van der Waals surface area contributed by atoms with Crippen LogP contribution in [0, 0.1) is 0 Å². The summed E-state index contributed by atoms with van der Waals surface area (Å²) in [6.45, 7) is 16.4. The molecule has 0 unspecified atom stereocenters. The van der Waals surface area contributed by atoms with Gasteiger partial charge in [-0.05, 0) is 58.8 Å². The second-order valence-corrected chi connectivity index (χ2v) is 14.3. The number of carbonyl (C=O) groups is 1. The first-order valence-corrected chi connectivity index (χ1v) is 13.3. The van der Waals surface area contributed by atoms with E-state index in [4.69, 9.17) is 9.16 Å². The van der Waals surface area contributed by atoms with E-state index >= 15 is 0 Å². The lowest BCUT2D eigenvalue weighted by Gasteiger charge is -2.36. The van der Waals surface area contributed by atoms with Crippen molar-refractivity contribution >= 4 is 20.4 Å². The van der Waals surface area contributed by atoms with Crippen LogP contribution in [0.5, 0.6) is 0 Å². The van der Waals surface area contributed by atoms with Crippen LogP contribution >= 0.6 is 0 Å². The summed E-state index contributed by atoms with van der Waals surface area (Å²) >= 11 is 0. The van der Waals surface area contributed by atoms with Crippen molar-refractivity contribution in [2.24, 2.45) is 0 Å². The average molecular weight is 413 g/mol. The SMILES string of the molecule is COC(=O)c1cc(/C=C\CCO[Si](C)(C)C(C)(C)C)c2ccc(C(C)C)ccc1-2. The van der Waals surface area contributed by atoms with Crippen molar-refractivity contribution in [2.75, 3.05) is 13.7 Å². The molecule has 0 heterocycles. The van der Waals surface area contributed by atoms with E-state index in [0.717, 1.165) is 29.7 Å². The number of fused-ring (bicyclic) bond motifs is 1. The molecule has 158 valence electrons. The molecular weight excluding hydrogens is 376 g/mol. The van der Waals surface area contributed by atoms with Gasteiger partial charge in [0.05, 0.1) is 12.7 Å². The van der Waals surface area contributed by atoms with Gasteiger partial charge in [-0.3, -0.25) is 0 Å². The fraction of sp³-hybridized carbons (Fsp3) is 0.480. The van der Waals surface area contributed by atoms with Gasteiger partial charge in [0.25, 0.3) is 0 Å². The monoisotopic (exact) mass is 412 g/mol. The molecule has 0 saturated heterocycles. The van der Waals surface area contributed by atoms with Crippen molar-refractivity contribution in [3.8, 4) is 11.1 Å². The Hall–Kier alpha value is -1.91. The highest BCUT2D eigenvalue weighted by Crippen LogP contribution is 2.37. The summed E-state index contributed by atoms with van der Waals surface area (Å²) in [7, 11) is -0.289. The molecule has 2 aliphatic carbocycles. The lowest BCUT2D eigenvalue weighted by atomic mass is 10.1. The molecule has 0 amide bonds. The van der Waals surface area contributed by atoms with Gasteiger partial charge in [-0.25, -0.2) is 4.79 Å². The number of hydrogen-bond donors (Lipinski definition) is 0. The van der Waals surface area contributed by atoms with Gasteiger partial charge in [0, 0.05) is 6.61 Å². The Bertz CT molecular complexity index is 844. The minimum atomic E-state index is -1.72. The van der Waals surface area contributed by atoms with Gasteiger partial charge in [0.1, 0.15) is 0 Å². The maximum absolute atomic E-state index is 12.3. The van der Waals surface area contributed by atoms with Crippen LogP contribution in [0.4, 0.5) is 0 Å². The Kier molecular flexibility index (Phi) is 7.47. The van der Waals surface area contributed by atoms with E-state index in [9.17, 15) is 4.79 Å². The van der Waals surface area contributed by atoms with E-state index in [1.54, 1.807) is 0 Å². The number of ether oxygens (including phenoxy) is 1. The molecule has 29 heavy (non-hydrogen) atoms. The Morgan fingerprint density at radius 2 is 1.72 bits per heavy atom. The van der Waals surface area contributed by atoms with Gasteiger partial charge < -0.3 is 9.16 Å². The van der Waals surface area contributed by atoms with E-state index in [1.165, 1.54) is 12.7 Å². The van der Waals surface area contributed by atoms with E-state index in [0.29, 0.717) is 11.5 Å². The zero-order valence-electron chi connectivity index (χ0n) is 19.3. The van der Waals surface area contributed by atoms with Crippen LogP contribution in [-0.2, 0) is 9.16 Å². The van der Waals surface area contributed by atoms with E-state index < -0.39 is 8.32 Å². The van der Waals surface area contributed by atoms with Crippen LogP contribution < -0.4 is 0 Å². The molecule has 4 heteroatoms. The van der Waals surface area contributed by atoms with Gasteiger partial charge in [0.15, 0.2) is 8.32 Å². The molecule has 0 saturated carbocycles. The molecule has 0 aliphatic heterocycles. The quantitative estimate of drug-likeness (QED) is 0.276. The van der Waals surface area contributed by atoms with Crippen molar-refractivity contribution in [1.82, 2.24) is 0 Å². The third-order valence-corrected chi connectivity index (χ3v) is 10.5. The second-order valence-electron chi connectivity index (χ2n) is 9.45. The topological polar surface area (TPSA) is 35.5 Å². The van der Waals surface area contributed by atoms with Gasteiger partial charge in [0.2, 0.25) is 0 Å².